The van der Waals surface area contributed by atoms with Gasteiger partial charge in [0, 0.05) is 19.1 Å². The maximum atomic E-state index is 11.8. The maximum Gasteiger partial charge on any atom is 0.317 e. The number of likely N-dealkylation sites (tertiary alicyclic amines) is 1. The standard InChI is InChI=1S/C11H20N2O2/c14-10-6-3-7-13(8-10)11(15)12-9-4-1-2-5-9/h9-10,14H,1-8H2,(H,12,15). The number of nitrogens with one attached hydrogen (secondary N) is 1. The second kappa shape index (κ2) is 4.84. The molecule has 0 aromatic rings. The largest absolute Gasteiger partial charge is 0.391 e. The highest BCUT2D eigenvalue weighted by atomic mass is 16.3. The van der Waals surface area contributed by atoms with E-state index in [1.807, 2.05) is 0 Å². The van der Waals surface area contributed by atoms with Crippen LogP contribution in [0.3, 0.4) is 0 Å². The van der Waals surface area contributed by atoms with E-state index < -0.39 is 0 Å². The summed E-state index contributed by atoms with van der Waals surface area (Å²) in [6, 6.07) is 0.386. The summed E-state index contributed by atoms with van der Waals surface area (Å²) in [5.41, 5.74) is 0. The molecule has 0 bridgehead atoms. The molecule has 1 unspecified atom stereocenters. The number of nitrogens with zero attached hydrogens (tertiary/aromatic N) is 1. The van der Waals surface area contributed by atoms with Crippen LogP contribution in [-0.2, 0) is 0 Å². The highest BCUT2D eigenvalue weighted by molar-refractivity contribution is 5.74. The third-order valence-corrected chi connectivity index (χ3v) is 3.37. The molecule has 1 atom stereocenters. The minimum atomic E-state index is -0.326. The normalized spacial score (nSPS) is 28.1. The minimum absolute atomic E-state index is 0.0145. The van der Waals surface area contributed by atoms with Crippen molar-refractivity contribution in [3.8, 4) is 0 Å². The second-order valence-corrected chi connectivity index (χ2v) is 4.67. The Morgan fingerprint density at radius 2 is 1.93 bits per heavy atom. The van der Waals surface area contributed by atoms with Crippen LogP contribution in [-0.4, -0.2) is 41.3 Å². The number of piperidine rings is 1. The lowest BCUT2D eigenvalue weighted by molar-refractivity contribution is 0.0833. The third kappa shape index (κ3) is 2.84. The molecule has 0 radical (unpaired) electrons. The Balaban J connectivity index is 1.78. The molecule has 2 rings (SSSR count). The quantitative estimate of drug-likeness (QED) is 0.683. The van der Waals surface area contributed by atoms with Crippen LogP contribution in [0.4, 0.5) is 4.79 Å². The maximum absolute atomic E-state index is 11.8. The Hall–Kier alpha value is -0.770. The molecule has 1 saturated heterocycles. The van der Waals surface area contributed by atoms with Crippen molar-refractivity contribution in [2.45, 2.75) is 50.7 Å². The molecule has 2 fully saturated rings. The summed E-state index contributed by atoms with van der Waals surface area (Å²) in [7, 11) is 0. The van der Waals surface area contributed by atoms with Gasteiger partial charge in [-0.15, -0.1) is 0 Å². The van der Waals surface area contributed by atoms with Gasteiger partial charge in [0.05, 0.1) is 6.10 Å². The van der Waals surface area contributed by atoms with Crippen molar-refractivity contribution >= 4 is 6.03 Å². The molecule has 86 valence electrons. The highest BCUT2D eigenvalue weighted by Crippen LogP contribution is 2.18. The summed E-state index contributed by atoms with van der Waals surface area (Å²) >= 11 is 0. The monoisotopic (exact) mass is 212 g/mol. The number of urea groups is 1. The van der Waals surface area contributed by atoms with Gasteiger partial charge >= 0.3 is 6.03 Å². The fraction of sp³-hybridized carbons (Fsp3) is 0.909. The highest BCUT2D eigenvalue weighted by Gasteiger charge is 2.24. The van der Waals surface area contributed by atoms with Crippen LogP contribution >= 0.6 is 0 Å². The number of hydrogen-bond acceptors (Lipinski definition) is 2. The first-order chi connectivity index (χ1) is 7.25. The first-order valence-corrected chi connectivity index (χ1v) is 5.99. The zero-order valence-corrected chi connectivity index (χ0v) is 9.11. The molecule has 4 nitrogen and oxygen atoms in total. The summed E-state index contributed by atoms with van der Waals surface area (Å²) in [4.78, 5) is 13.5. The van der Waals surface area contributed by atoms with Gasteiger partial charge in [-0.25, -0.2) is 4.79 Å². The van der Waals surface area contributed by atoms with Gasteiger partial charge in [0.15, 0.2) is 0 Å². The van der Waals surface area contributed by atoms with Crippen LogP contribution in [0.5, 0.6) is 0 Å². The lowest BCUT2D eigenvalue weighted by Crippen LogP contribution is -2.49. The van der Waals surface area contributed by atoms with Gasteiger partial charge in [-0.3, -0.25) is 0 Å². The van der Waals surface area contributed by atoms with Crippen molar-refractivity contribution in [1.82, 2.24) is 10.2 Å². The van der Waals surface area contributed by atoms with E-state index in [1.54, 1.807) is 4.90 Å². The van der Waals surface area contributed by atoms with Crippen molar-refractivity contribution < 1.29 is 9.90 Å². The van der Waals surface area contributed by atoms with E-state index in [-0.39, 0.29) is 12.1 Å². The van der Waals surface area contributed by atoms with E-state index in [0.29, 0.717) is 12.6 Å². The molecular weight excluding hydrogens is 192 g/mol. The van der Waals surface area contributed by atoms with Gasteiger partial charge in [-0.2, -0.15) is 0 Å². The van der Waals surface area contributed by atoms with Crippen LogP contribution < -0.4 is 5.32 Å². The van der Waals surface area contributed by atoms with Crippen LogP contribution in [0.15, 0.2) is 0 Å². The number of carbonyl (C=O) groups excluding carboxylic acids is 1. The molecule has 1 aliphatic carbocycles. The predicted octanol–water partition coefficient (Wildman–Crippen LogP) is 1.10. The van der Waals surface area contributed by atoms with Gasteiger partial charge in [0.25, 0.3) is 0 Å². The molecule has 1 heterocycles. The summed E-state index contributed by atoms with van der Waals surface area (Å²) < 4.78 is 0. The molecule has 2 amide bonds. The van der Waals surface area contributed by atoms with Crippen molar-refractivity contribution in [3.05, 3.63) is 0 Å². The second-order valence-electron chi connectivity index (χ2n) is 4.67. The fourth-order valence-electron chi connectivity index (χ4n) is 2.48. The molecular formula is C11H20N2O2. The first kappa shape index (κ1) is 10.7. The zero-order valence-electron chi connectivity index (χ0n) is 9.11. The van der Waals surface area contributed by atoms with E-state index in [1.165, 1.54) is 12.8 Å². The molecule has 4 heteroatoms. The molecule has 2 N–H and O–H groups in total. The first-order valence-electron chi connectivity index (χ1n) is 5.99. The van der Waals surface area contributed by atoms with Gasteiger partial charge in [0.2, 0.25) is 0 Å². The third-order valence-electron chi connectivity index (χ3n) is 3.37. The van der Waals surface area contributed by atoms with Crippen molar-refractivity contribution in [2.24, 2.45) is 0 Å². The number of aliphatic hydroxyl groups is 1. The molecule has 0 aromatic heterocycles. The number of aliphatic hydroxyl groups excluding tert-OH is 1. The summed E-state index contributed by atoms with van der Waals surface area (Å²) in [6.45, 7) is 1.29. The van der Waals surface area contributed by atoms with Gasteiger partial charge < -0.3 is 15.3 Å². The van der Waals surface area contributed by atoms with Crippen molar-refractivity contribution in [2.75, 3.05) is 13.1 Å². The molecule has 1 aliphatic heterocycles. The van der Waals surface area contributed by atoms with Crippen LogP contribution in [0.25, 0.3) is 0 Å². The fourth-order valence-corrected chi connectivity index (χ4v) is 2.48. The molecule has 2 aliphatic rings. The van der Waals surface area contributed by atoms with Crippen molar-refractivity contribution in [3.63, 3.8) is 0 Å². The number of hydrogen-bond donors (Lipinski definition) is 2. The topological polar surface area (TPSA) is 52.6 Å². The van der Waals surface area contributed by atoms with E-state index in [9.17, 15) is 9.90 Å². The van der Waals surface area contributed by atoms with Crippen LogP contribution in [0, 0.1) is 0 Å². The Morgan fingerprint density at radius 3 is 2.60 bits per heavy atom. The van der Waals surface area contributed by atoms with Gasteiger partial charge in [-0.05, 0) is 25.7 Å². The summed E-state index contributed by atoms with van der Waals surface area (Å²) in [6.07, 6.45) is 6.10. The molecule has 0 spiro atoms. The summed E-state index contributed by atoms with van der Waals surface area (Å²) in [5, 5.41) is 12.5. The number of β-amino-alcohol motifs (C(OH)–C–C–N with tert-alkyl or cyclic N) is 1. The van der Waals surface area contributed by atoms with Gasteiger partial charge in [-0.1, -0.05) is 12.8 Å². The lowest BCUT2D eigenvalue weighted by atomic mass is 10.1. The number of amides is 2. The van der Waals surface area contributed by atoms with E-state index in [2.05, 4.69) is 5.32 Å². The predicted molar refractivity (Wildman–Crippen MR) is 57.6 cm³/mol. The summed E-state index contributed by atoms with van der Waals surface area (Å²) in [5.74, 6) is 0. The Bertz CT molecular complexity index is 227. The van der Waals surface area contributed by atoms with E-state index in [4.69, 9.17) is 0 Å². The van der Waals surface area contributed by atoms with E-state index in [0.717, 1.165) is 32.2 Å². The average Bonchev–Trinajstić information content (AvgIpc) is 2.70. The zero-order chi connectivity index (χ0) is 10.7. The Labute approximate surface area is 90.6 Å². The SMILES string of the molecule is O=C(NC1CCCC1)N1CCCC(O)C1. The Morgan fingerprint density at radius 1 is 1.20 bits per heavy atom. The van der Waals surface area contributed by atoms with E-state index >= 15 is 0 Å². The molecule has 1 saturated carbocycles. The average molecular weight is 212 g/mol. The molecule has 15 heavy (non-hydrogen) atoms. The molecule has 0 aromatic carbocycles. The Kier molecular flexibility index (Phi) is 3.46. The smallest absolute Gasteiger partial charge is 0.317 e. The van der Waals surface area contributed by atoms with Crippen LogP contribution in [0.2, 0.25) is 0 Å². The number of rotatable bonds is 1. The van der Waals surface area contributed by atoms with Crippen LogP contribution in [0.1, 0.15) is 38.5 Å². The lowest BCUT2D eigenvalue weighted by Gasteiger charge is -2.31. The van der Waals surface area contributed by atoms with Gasteiger partial charge in [0.1, 0.15) is 0 Å². The van der Waals surface area contributed by atoms with Crippen molar-refractivity contribution in [1.29, 1.82) is 0 Å². The number of carbonyl (C=O) groups is 1. The minimum Gasteiger partial charge on any atom is -0.391 e.